The number of hydrogen-bond donors (Lipinski definition) is 2. The van der Waals surface area contributed by atoms with Crippen LogP contribution in [0.2, 0.25) is 0 Å². The van der Waals surface area contributed by atoms with Crippen molar-refractivity contribution in [2.75, 3.05) is 5.32 Å². The molecule has 2 rings (SSSR count). The lowest BCUT2D eigenvalue weighted by Gasteiger charge is -2.19. The molecule has 0 radical (unpaired) electrons. The standard InChI is InChI=1S/C17H20N2O4S/c1-9-6-10(2)8-11(7-9)13-18-12(15(20)21)14(24-13)19-16(22)23-17(3,4)5/h6-8H,1-5H3,(H,19,22)(H,20,21). The number of carbonyl (C=O) groups is 2. The number of amides is 1. The van der Waals surface area contributed by atoms with Gasteiger partial charge in [-0.2, -0.15) is 0 Å². The zero-order chi connectivity index (χ0) is 18.1. The molecule has 0 aliphatic rings. The third kappa shape index (κ3) is 4.55. The molecule has 7 heteroatoms. The molecule has 0 atom stereocenters. The van der Waals surface area contributed by atoms with E-state index in [1.165, 1.54) is 0 Å². The van der Waals surface area contributed by atoms with Crippen LogP contribution in [0, 0.1) is 13.8 Å². The molecule has 0 aliphatic heterocycles. The molecule has 0 aliphatic carbocycles. The summed E-state index contributed by atoms with van der Waals surface area (Å²) in [5.74, 6) is -1.20. The Balaban J connectivity index is 2.37. The fraction of sp³-hybridized carbons (Fsp3) is 0.353. The number of ether oxygens (including phenoxy) is 1. The quantitative estimate of drug-likeness (QED) is 0.854. The van der Waals surface area contributed by atoms with Gasteiger partial charge in [0.05, 0.1) is 0 Å². The van der Waals surface area contributed by atoms with Crippen molar-refractivity contribution in [1.29, 1.82) is 0 Å². The number of carbonyl (C=O) groups excluding carboxylic acids is 1. The molecule has 128 valence electrons. The van der Waals surface area contributed by atoms with E-state index in [1.807, 2.05) is 32.0 Å². The molecular formula is C17H20N2O4S. The number of aryl methyl sites for hydroxylation is 2. The van der Waals surface area contributed by atoms with E-state index in [9.17, 15) is 14.7 Å². The van der Waals surface area contributed by atoms with Gasteiger partial charge in [-0.15, -0.1) is 0 Å². The number of carboxylic acid groups (broad SMARTS) is 1. The fourth-order valence-corrected chi connectivity index (χ4v) is 3.10. The number of nitrogens with one attached hydrogen (secondary N) is 1. The molecule has 0 unspecified atom stereocenters. The van der Waals surface area contributed by atoms with Gasteiger partial charge in [-0.05, 0) is 46.8 Å². The van der Waals surface area contributed by atoms with Crippen LogP contribution in [-0.4, -0.2) is 27.8 Å². The van der Waals surface area contributed by atoms with Crippen molar-refractivity contribution in [3.8, 4) is 10.6 Å². The molecule has 2 aromatic rings. The Bertz CT molecular complexity index is 770. The number of rotatable bonds is 3. The molecule has 1 heterocycles. The molecule has 24 heavy (non-hydrogen) atoms. The zero-order valence-corrected chi connectivity index (χ0v) is 15.1. The Hall–Kier alpha value is -2.41. The van der Waals surface area contributed by atoms with Crippen molar-refractivity contribution in [2.45, 2.75) is 40.2 Å². The van der Waals surface area contributed by atoms with Gasteiger partial charge in [0.25, 0.3) is 0 Å². The van der Waals surface area contributed by atoms with Crippen LogP contribution in [0.1, 0.15) is 42.4 Å². The van der Waals surface area contributed by atoms with Crippen LogP contribution in [0.15, 0.2) is 18.2 Å². The normalized spacial score (nSPS) is 11.2. The molecule has 2 N–H and O–H groups in total. The van der Waals surface area contributed by atoms with Crippen LogP contribution in [-0.2, 0) is 4.74 Å². The van der Waals surface area contributed by atoms with E-state index in [-0.39, 0.29) is 10.7 Å². The van der Waals surface area contributed by atoms with Gasteiger partial charge >= 0.3 is 12.1 Å². The first-order valence-corrected chi connectivity index (χ1v) is 8.19. The maximum atomic E-state index is 11.9. The van der Waals surface area contributed by atoms with Gasteiger partial charge in [0.2, 0.25) is 0 Å². The number of carboxylic acids is 1. The van der Waals surface area contributed by atoms with Gasteiger partial charge in [-0.25, -0.2) is 14.6 Å². The van der Waals surface area contributed by atoms with E-state index in [0.717, 1.165) is 28.0 Å². The second-order valence-corrected chi connectivity index (χ2v) is 7.50. The molecule has 1 amide bonds. The maximum Gasteiger partial charge on any atom is 0.412 e. The molecule has 6 nitrogen and oxygen atoms in total. The van der Waals surface area contributed by atoms with Crippen LogP contribution in [0.25, 0.3) is 10.6 Å². The highest BCUT2D eigenvalue weighted by Crippen LogP contribution is 2.33. The maximum absolute atomic E-state index is 11.9. The lowest BCUT2D eigenvalue weighted by Crippen LogP contribution is -2.27. The number of aromatic nitrogens is 1. The molecular weight excluding hydrogens is 328 g/mol. The van der Waals surface area contributed by atoms with Crippen LogP contribution >= 0.6 is 11.3 Å². The van der Waals surface area contributed by atoms with Gasteiger partial charge in [0, 0.05) is 5.56 Å². The molecule has 0 saturated carbocycles. The number of anilines is 1. The highest BCUT2D eigenvalue weighted by atomic mass is 32.1. The minimum absolute atomic E-state index is 0.158. The molecule has 0 fully saturated rings. The third-order valence-corrected chi connectivity index (χ3v) is 3.93. The smallest absolute Gasteiger partial charge is 0.412 e. The van der Waals surface area contributed by atoms with E-state index >= 15 is 0 Å². The van der Waals surface area contributed by atoms with E-state index in [1.54, 1.807) is 20.8 Å². The summed E-state index contributed by atoms with van der Waals surface area (Å²) >= 11 is 1.11. The van der Waals surface area contributed by atoms with E-state index < -0.39 is 17.7 Å². The predicted molar refractivity (Wildman–Crippen MR) is 93.8 cm³/mol. The minimum atomic E-state index is -1.20. The lowest BCUT2D eigenvalue weighted by atomic mass is 10.1. The van der Waals surface area contributed by atoms with Crippen molar-refractivity contribution >= 4 is 28.4 Å². The number of hydrogen-bond acceptors (Lipinski definition) is 5. The number of thiazole rings is 1. The SMILES string of the molecule is Cc1cc(C)cc(-c2nc(C(=O)O)c(NC(=O)OC(C)(C)C)s2)c1. The monoisotopic (exact) mass is 348 g/mol. The lowest BCUT2D eigenvalue weighted by molar-refractivity contribution is 0.0636. The summed E-state index contributed by atoms with van der Waals surface area (Å²) in [4.78, 5) is 27.5. The summed E-state index contributed by atoms with van der Waals surface area (Å²) in [6.07, 6.45) is -0.708. The molecule has 0 bridgehead atoms. The minimum Gasteiger partial charge on any atom is -0.476 e. The summed E-state index contributed by atoms with van der Waals surface area (Å²) in [7, 11) is 0. The number of aromatic carboxylic acids is 1. The highest BCUT2D eigenvalue weighted by molar-refractivity contribution is 7.19. The van der Waals surface area contributed by atoms with Crippen LogP contribution in [0.5, 0.6) is 0 Å². The van der Waals surface area contributed by atoms with Crippen molar-refractivity contribution in [2.24, 2.45) is 0 Å². The zero-order valence-electron chi connectivity index (χ0n) is 14.3. The van der Waals surface area contributed by atoms with Crippen molar-refractivity contribution < 1.29 is 19.4 Å². The predicted octanol–water partition coefficient (Wildman–Crippen LogP) is 4.47. The van der Waals surface area contributed by atoms with Crippen molar-refractivity contribution in [1.82, 2.24) is 4.98 Å². The highest BCUT2D eigenvalue weighted by Gasteiger charge is 2.23. The van der Waals surface area contributed by atoms with Crippen molar-refractivity contribution in [3.05, 3.63) is 35.0 Å². The van der Waals surface area contributed by atoms with Gasteiger partial charge in [0.1, 0.15) is 15.6 Å². The molecule has 1 aromatic heterocycles. The summed E-state index contributed by atoms with van der Waals surface area (Å²) in [5.41, 5.74) is 2.06. The van der Waals surface area contributed by atoms with Crippen LogP contribution in [0.4, 0.5) is 9.80 Å². The Labute approximate surface area is 144 Å². The first-order chi connectivity index (χ1) is 11.0. The fourth-order valence-electron chi connectivity index (χ4n) is 2.17. The number of benzene rings is 1. The Morgan fingerprint density at radius 3 is 2.25 bits per heavy atom. The Kier molecular flexibility index (Phi) is 4.94. The van der Waals surface area contributed by atoms with E-state index in [0.29, 0.717) is 5.01 Å². The first kappa shape index (κ1) is 17.9. The summed E-state index contributed by atoms with van der Waals surface area (Å²) in [6, 6.07) is 5.87. The Morgan fingerprint density at radius 2 is 1.75 bits per heavy atom. The molecule has 0 saturated heterocycles. The summed E-state index contributed by atoms with van der Waals surface area (Å²) in [6.45, 7) is 9.12. The largest absolute Gasteiger partial charge is 0.476 e. The van der Waals surface area contributed by atoms with Crippen molar-refractivity contribution in [3.63, 3.8) is 0 Å². The average Bonchev–Trinajstić information content (AvgIpc) is 2.79. The van der Waals surface area contributed by atoms with E-state index in [2.05, 4.69) is 10.3 Å². The molecule has 0 spiro atoms. The van der Waals surface area contributed by atoms with Gasteiger partial charge < -0.3 is 9.84 Å². The second kappa shape index (κ2) is 6.60. The van der Waals surface area contributed by atoms with Gasteiger partial charge in [-0.3, -0.25) is 5.32 Å². The average molecular weight is 348 g/mol. The topological polar surface area (TPSA) is 88.5 Å². The second-order valence-electron chi connectivity index (χ2n) is 6.51. The van der Waals surface area contributed by atoms with Crippen LogP contribution in [0.3, 0.4) is 0 Å². The summed E-state index contributed by atoms with van der Waals surface area (Å²) in [5, 5.41) is 12.5. The van der Waals surface area contributed by atoms with Crippen LogP contribution < -0.4 is 5.32 Å². The molecule has 1 aromatic carbocycles. The number of nitrogens with zero attached hydrogens (tertiary/aromatic N) is 1. The Morgan fingerprint density at radius 1 is 1.17 bits per heavy atom. The van der Waals surface area contributed by atoms with Gasteiger partial charge in [0.15, 0.2) is 5.69 Å². The first-order valence-electron chi connectivity index (χ1n) is 7.38. The van der Waals surface area contributed by atoms with E-state index in [4.69, 9.17) is 4.74 Å². The van der Waals surface area contributed by atoms with Gasteiger partial charge in [-0.1, -0.05) is 28.5 Å². The summed E-state index contributed by atoms with van der Waals surface area (Å²) < 4.78 is 5.17. The third-order valence-electron chi connectivity index (χ3n) is 2.91.